The van der Waals surface area contributed by atoms with E-state index in [1.165, 1.54) is 0 Å². The Bertz CT molecular complexity index is 387. The molecule has 0 aromatic carbocycles. The first-order chi connectivity index (χ1) is 7.66. The molecule has 0 radical (unpaired) electrons. The highest BCUT2D eigenvalue weighted by atomic mass is 16.1. The minimum absolute atomic E-state index is 0.0779. The summed E-state index contributed by atoms with van der Waals surface area (Å²) in [6.07, 6.45) is 3.67. The van der Waals surface area contributed by atoms with Crippen molar-refractivity contribution in [3.05, 3.63) is 22.9 Å². The highest BCUT2D eigenvalue weighted by Gasteiger charge is 2.13. The van der Waals surface area contributed by atoms with Crippen LogP contribution in [0.2, 0.25) is 0 Å². The molecule has 0 spiro atoms. The van der Waals surface area contributed by atoms with Gasteiger partial charge < -0.3 is 9.47 Å². The van der Waals surface area contributed by atoms with Crippen molar-refractivity contribution in [2.45, 2.75) is 6.54 Å². The van der Waals surface area contributed by atoms with E-state index in [0.29, 0.717) is 0 Å². The van der Waals surface area contributed by atoms with E-state index < -0.39 is 0 Å². The molecule has 5 nitrogen and oxygen atoms in total. The largest absolute Gasteiger partial charge is 0.327 e. The molecule has 2 heterocycles. The predicted molar refractivity (Wildman–Crippen MR) is 63.6 cm³/mol. The van der Waals surface area contributed by atoms with Crippen LogP contribution in [0.25, 0.3) is 0 Å². The molecular formula is C11H20N4O. The topological polar surface area (TPSA) is 33.4 Å². The molecule has 1 aromatic heterocycles. The van der Waals surface area contributed by atoms with Crippen LogP contribution in [0.3, 0.4) is 0 Å². The van der Waals surface area contributed by atoms with E-state index in [0.717, 1.165) is 39.3 Å². The van der Waals surface area contributed by atoms with E-state index in [4.69, 9.17) is 0 Å². The summed E-state index contributed by atoms with van der Waals surface area (Å²) in [5.41, 5.74) is 0.0779. The molecule has 1 fully saturated rings. The molecule has 1 saturated heterocycles. The molecule has 0 bridgehead atoms. The van der Waals surface area contributed by atoms with Gasteiger partial charge in [-0.15, -0.1) is 0 Å². The second-order valence-corrected chi connectivity index (χ2v) is 4.53. The second-order valence-electron chi connectivity index (χ2n) is 4.53. The Morgan fingerprint density at radius 1 is 1.06 bits per heavy atom. The fourth-order valence-corrected chi connectivity index (χ4v) is 2.00. The lowest BCUT2D eigenvalue weighted by Crippen LogP contribution is -2.45. The summed E-state index contributed by atoms with van der Waals surface area (Å²) in [5.74, 6) is 0. The lowest BCUT2D eigenvalue weighted by molar-refractivity contribution is 0.149. The zero-order valence-corrected chi connectivity index (χ0v) is 10.1. The molecule has 0 aliphatic carbocycles. The van der Waals surface area contributed by atoms with Crippen LogP contribution in [0.15, 0.2) is 17.2 Å². The van der Waals surface area contributed by atoms with E-state index in [1.54, 1.807) is 16.2 Å². The number of hydrogen-bond donors (Lipinski definition) is 0. The van der Waals surface area contributed by atoms with Gasteiger partial charge in [-0.2, -0.15) is 0 Å². The van der Waals surface area contributed by atoms with Crippen LogP contribution < -0.4 is 5.69 Å². The first kappa shape index (κ1) is 11.4. The third-order valence-electron chi connectivity index (χ3n) is 3.27. The predicted octanol–water partition coefficient (Wildman–Crippen LogP) is -0.566. The van der Waals surface area contributed by atoms with Crippen LogP contribution in [0.4, 0.5) is 0 Å². The molecule has 16 heavy (non-hydrogen) atoms. The van der Waals surface area contributed by atoms with Crippen LogP contribution in [-0.4, -0.2) is 58.7 Å². The number of imidazole rings is 1. The summed E-state index contributed by atoms with van der Waals surface area (Å²) in [7, 11) is 3.94. The normalized spacial score (nSPS) is 19.1. The molecule has 0 atom stereocenters. The van der Waals surface area contributed by atoms with Crippen LogP contribution in [0, 0.1) is 0 Å². The van der Waals surface area contributed by atoms with Gasteiger partial charge in [0, 0.05) is 58.7 Å². The average Bonchev–Trinajstić information content (AvgIpc) is 2.60. The van der Waals surface area contributed by atoms with E-state index in [1.807, 2.05) is 12.4 Å². The molecule has 0 saturated carbocycles. The number of aryl methyl sites for hydroxylation is 1. The van der Waals surface area contributed by atoms with Crippen molar-refractivity contribution in [1.82, 2.24) is 18.9 Å². The molecule has 5 heteroatoms. The SMILES string of the molecule is CN1CCN(CCn2ccn(C)c2=O)CC1. The number of nitrogens with zero attached hydrogens (tertiary/aromatic N) is 4. The molecule has 1 aromatic rings. The Labute approximate surface area is 95.9 Å². The molecule has 0 amide bonds. The monoisotopic (exact) mass is 224 g/mol. The number of piperazine rings is 1. The highest BCUT2D eigenvalue weighted by molar-refractivity contribution is 4.80. The summed E-state index contributed by atoms with van der Waals surface area (Å²) < 4.78 is 3.39. The number of hydrogen-bond acceptors (Lipinski definition) is 3. The van der Waals surface area contributed by atoms with Gasteiger partial charge in [0.2, 0.25) is 0 Å². The van der Waals surface area contributed by atoms with Gasteiger partial charge in [-0.25, -0.2) is 4.79 Å². The maximum atomic E-state index is 11.6. The lowest BCUT2D eigenvalue weighted by Gasteiger charge is -2.32. The number of rotatable bonds is 3. The van der Waals surface area contributed by atoms with Crippen LogP contribution in [0.5, 0.6) is 0 Å². The fourth-order valence-electron chi connectivity index (χ4n) is 2.00. The standard InChI is InChI=1S/C11H20N4O/c1-12-3-6-14(7-4-12)8-10-15-9-5-13(2)11(15)16/h5,9H,3-4,6-8,10H2,1-2H3. The first-order valence-corrected chi connectivity index (χ1v) is 5.79. The number of likely N-dealkylation sites (N-methyl/N-ethyl adjacent to an activating group) is 1. The Morgan fingerprint density at radius 3 is 2.31 bits per heavy atom. The Balaban J connectivity index is 1.84. The third kappa shape index (κ3) is 2.54. The zero-order valence-electron chi connectivity index (χ0n) is 10.1. The molecule has 90 valence electrons. The zero-order chi connectivity index (χ0) is 11.5. The van der Waals surface area contributed by atoms with Crippen LogP contribution >= 0.6 is 0 Å². The van der Waals surface area contributed by atoms with Crippen molar-refractivity contribution in [3.8, 4) is 0 Å². The molecule has 1 aliphatic rings. The molecule has 0 unspecified atom stereocenters. The molecule has 2 rings (SSSR count). The van der Waals surface area contributed by atoms with E-state index in [9.17, 15) is 4.79 Å². The summed E-state index contributed by atoms with van der Waals surface area (Å²) in [6, 6.07) is 0. The van der Waals surface area contributed by atoms with Gasteiger partial charge in [0.25, 0.3) is 0 Å². The summed E-state index contributed by atoms with van der Waals surface area (Å²) in [5, 5.41) is 0. The summed E-state index contributed by atoms with van der Waals surface area (Å²) in [6.45, 7) is 6.24. The van der Waals surface area contributed by atoms with Crippen molar-refractivity contribution >= 4 is 0 Å². The van der Waals surface area contributed by atoms with Crippen molar-refractivity contribution in [2.24, 2.45) is 7.05 Å². The second kappa shape index (κ2) is 4.84. The molecule has 0 N–H and O–H groups in total. The summed E-state index contributed by atoms with van der Waals surface area (Å²) in [4.78, 5) is 16.3. The van der Waals surface area contributed by atoms with Gasteiger partial charge in [-0.3, -0.25) is 9.47 Å². The lowest BCUT2D eigenvalue weighted by atomic mass is 10.3. The minimum Gasteiger partial charge on any atom is -0.304 e. The van der Waals surface area contributed by atoms with Crippen molar-refractivity contribution in [1.29, 1.82) is 0 Å². The minimum atomic E-state index is 0.0779. The van der Waals surface area contributed by atoms with E-state index in [2.05, 4.69) is 16.8 Å². The van der Waals surface area contributed by atoms with Gasteiger partial charge in [0.05, 0.1) is 0 Å². The Kier molecular flexibility index (Phi) is 3.46. The Morgan fingerprint density at radius 2 is 1.75 bits per heavy atom. The van der Waals surface area contributed by atoms with Gasteiger partial charge in [0.15, 0.2) is 0 Å². The summed E-state index contributed by atoms with van der Waals surface area (Å²) >= 11 is 0. The van der Waals surface area contributed by atoms with Gasteiger partial charge >= 0.3 is 5.69 Å². The highest BCUT2D eigenvalue weighted by Crippen LogP contribution is 1.98. The average molecular weight is 224 g/mol. The fraction of sp³-hybridized carbons (Fsp3) is 0.727. The van der Waals surface area contributed by atoms with Gasteiger partial charge in [-0.1, -0.05) is 0 Å². The maximum Gasteiger partial charge on any atom is 0.327 e. The van der Waals surface area contributed by atoms with E-state index in [-0.39, 0.29) is 5.69 Å². The maximum absolute atomic E-state index is 11.6. The van der Waals surface area contributed by atoms with Crippen molar-refractivity contribution in [3.63, 3.8) is 0 Å². The van der Waals surface area contributed by atoms with E-state index >= 15 is 0 Å². The van der Waals surface area contributed by atoms with Gasteiger partial charge in [-0.05, 0) is 7.05 Å². The quantitative estimate of drug-likeness (QED) is 0.690. The third-order valence-corrected chi connectivity index (χ3v) is 3.27. The van der Waals surface area contributed by atoms with Crippen LogP contribution in [-0.2, 0) is 13.6 Å². The van der Waals surface area contributed by atoms with Crippen molar-refractivity contribution in [2.75, 3.05) is 39.8 Å². The first-order valence-electron chi connectivity index (χ1n) is 5.79. The van der Waals surface area contributed by atoms with Gasteiger partial charge in [0.1, 0.15) is 0 Å². The smallest absolute Gasteiger partial charge is 0.304 e. The molecule has 1 aliphatic heterocycles. The van der Waals surface area contributed by atoms with Crippen molar-refractivity contribution < 1.29 is 0 Å². The Hall–Kier alpha value is -1.07. The van der Waals surface area contributed by atoms with Crippen LogP contribution in [0.1, 0.15) is 0 Å². The number of aromatic nitrogens is 2. The molecular weight excluding hydrogens is 204 g/mol.